The number of nitrogens with one attached hydrogen (secondary N) is 8. The van der Waals surface area contributed by atoms with Gasteiger partial charge in [-0.25, -0.2) is 0 Å². The van der Waals surface area contributed by atoms with Gasteiger partial charge in [0.25, 0.3) is 0 Å². The molecule has 0 spiro atoms. The molecule has 2 aromatic rings. The van der Waals surface area contributed by atoms with E-state index in [0.29, 0.717) is 24.0 Å². The molecule has 8 amide bonds. The molecule has 6 atom stereocenters. The van der Waals surface area contributed by atoms with Gasteiger partial charge in [0.05, 0.1) is 14.2 Å². The van der Waals surface area contributed by atoms with Crippen molar-refractivity contribution in [2.45, 2.75) is 206 Å². The third-order valence-electron chi connectivity index (χ3n) is 13.7. The van der Waals surface area contributed by atoms with Crippen LogP contribution < -0.4 is 42.5 Å². The highest BCUT2D eigenvalue weighted by Crippen LogP contribution is 2.24. The van der Waals surface area contributed by atoms with E-state index in [1.54, 1.807) is 48.5 Å². The van der Waals surface area contributed by atoms with Crippen LogP contribution in [0.5, 0.6) is 0 Å². The Hall–Kier alpha value is -6.16. The van der Waals surface area contributed by atoms with Crippen molar-refractivity contribution in [3.8, 4) is 0 Å². The molecule has 0 aromatic heterocycles. The van der Waals surface area contributed by atoms with Gasteiger partial charge in [0.2, 0.25) is 47.3 Å². The summed E-state index contributed by atoms with van der Waals surface area (Å²) in [6, 6.07) is 11.0. The molecule has 0 aliphatic rings. The molecule has 470 valence electrons. The zero-order chi connectivity index (χ0) is 62.1. The monoisotopic (exact) mass is 1210 g/mol. The highest BCUT2D eigenvalue weighted by atomic mass is 33.1. The van der Waals surface area contributed by atoms with Crippen molar-refractivity contribution in [3.05, 3.63) is 71.8 Å². The van der Waals surface area contributed by atoms with E-state index >= 15 is 0 Å². The Labute approximate surface area is 507 Å². The van der Waals surface area contributed by atoms with Gasteiger partial charge < -0.3 is 52.0 Å². The molecule has 0 fully saturated rings. The number of rotatable bonds is 45. The van der Waals surface area contributed by atoms with Crippen LogP contribution in [-0.2, 0) is 70.3 Å². The lowest BCUT2D eigenvalue weighted by atomic mass is 10.0. The average molecular weight is 1210 g/mol. The van der Waals surface area contributed by atoms with E-state index in [2.05, 4.69) is 65.9 Å². The lowest BCUT2D eigenvalue weighted by Gasteiger charge is -2.26. The minimum absolute atomic E-state index is 0.0246. The molecule has 2 aromatic carbocycles. The number of benzene rings is 2. The van der Waals surface area contributed by atoms with Gasteiger partial charge in [-0.1, -0.05) is 201 Å². The first kappa shape index (κ1) is 73.9. The van der Waals surface area contributed by atoms with Gasteiger partial charge in [0, 0.05) is 37.2 Å². The minimum Gasteiger partial charge on any atom is -0.468 e. The smallest absolute Gasteiger partial charge is 0.325 e. The summed E-state index contributed by atoms with van der Waals surface area (Å²) in [6.45, 7) is 11.0. The predicted molar refractivity (Wildman–Crippen MR) is 331 cm³/mol. The maximum absolute atomic E-state index is 14.6. The Morgan fingerprint density at radius 2 is 0.702 bits per heavy atom. The second-order valence-electron chi connectivity index (χ2n) is 22.0. The summed E-state index contributed by atoms with van der Waals surface area (Å²) in [6.07, 6.45) is 14.4. The standard InChI is InChI=1S/C62H98N8O12S2/c1-9-11-13-15-17-19-27-33-53(71)65-51(61(79)69-49(37-45-29-23-21-24-30-45)59(77)67-47(35-43(3)4)57(75)63-39-55(73)81-7)41-83-84-42-52(66-54(72)34-28-20-18-16-14-12-10-2)62(80)70-50(38-46-31-25-22-26-32-46)60(78)68-48(36-44(5)6)58(76)64-40-56(74)82-8/h21-26,29-32,43-44,47-52H,9-20,27-28,33-42H2,1-8H3,(H,63,75)(H,64,76)(H,65,71)(H,66,72)(H,67,77)(H,68,78)(H,69,79)(H,70,80)/t47-,48-,49+,50+,51-,52-/m0/s1. The first-order valence-corrected chi connectivity index (χ1v) is 32.6. The van der Waals surface area contributed by atoms with Crippen LogP contribution in [0.3, 0.4) is 0 Å². The van der Waals surface area contributed by atoms with E-state index in [9.17, 15) is 47.9 Å². The first-order valence-electron chi connectivity index (χ1n) is 30.1. The fourth-order valence-electron chi connectivity index (χ4n) is 8.94. The summed E-state index contributed by atoms with van der Waals surface area (Å²) in [7, 11) is 4.71. The number of hydrogen-bond acceptors (Lipinski definition) is 14. The normalized spacial score (nSPS) is 13.2. The summed E-state index contributed by atoms with van der Waals surface area (Å²) in [5.74, 6) is -6.19. The van der Waals surface area contributed by atoms with Crippen LogP contribution >= 0.6 is 21.6 Å². The molecule has 0 aliphatic heterocycles. The second-order valence-corrected chi connectivity index (χ2v) is 24.6. The van der Waals surface area contributed by atoms with Crippen molar-refractivity contribution in [2.24, 2.45) is 11.8 Å². The molecular weight excluding hydrogens is 1110 g/mol. The van der Waals surface area contributed by atoms with Gasteiger partial charge in [-0.2, -0.15) is 0 Å². The number of esters is 2. The van der Waals surface area contributed by atoms with E-state index in [-0.39, 0.29) is 73.7 Å². The quantitative estimate of drug-likeness (QED) is 0.0194. The third kappa shape index (κ3) is 33.4. The molecule has 0 unspecified atom stereocenters. The Morgan fingerprint density at radius 3 is 1.02 bits per heavy atom. The molecule has 0 radical (unpaired) electrons. The van der Waals surface area contributed by atoms with E-state index < -0.39 is 96.7 Å². The van der Waals surface area contributed by atoms with E-state index in [0.717, 1.165) is 98.6 Å². The zero-order valence-corrected chi connectivity index (χ0v) is 52.7. The van der Waals surface area contributed by atoms with Crippen molar-refractivity contribution in [1.29, 1.82) is 0 Å². The molecular formula is C62H98N8O12S2. The molecule has 0 saturated heterocycles. The Balaban J connectivity index is 2.51. The van der Waals surface area contributed by atoms with Crippen molar-refractivity contribution < 1.29 is 57.4 Å². The van der Waals surface area contributed by atoms with Crippen LogP contribution in [0.4, 0.5) is 0 Å². The molecule has 0 aliphatic carbocycles. The van der Waals surface area contributed by atoms with E-state index in [4.69, 9.17) is 0 Å². The Bertz CT molecular complexity index is 2140. The SMILES string of the molecule is CCCCCCCCCC(=O)N[C@@H](CSSC[C@H](NC(=O)CCCCCCCCC)C(=O)N[C@H](Cc1ccccc1)C(=O)N[C@@H](CC(C)C)C(=O)NCC(=O)OC)C(=O)N[C@H](Cc1ccccc1)C(=O)N[C@@H](CC(C)C)C(=O)NCC(=O)OC. The van der Waals surface area contributed by atoms with Gasteiger partial charge in [-0.3, -0.25) is 47.9 Å². The van der Waals surface area contributed by atoms with Crippen molar-refractivity contribution in [3.63, 3.8) is 0 Å². The zero-order valence-electron chi connectivity index (χ0n) is 51.1. The number of methoxy groups -OCH3 is 2. The number of amides is 8. The summed E-state index contributed by atoms with van der Waals surface area (Å²) in [5, 5.41) is 22.1. The Kier molecular flexibility index (Phi) is 39.0. The average Bonchev–Trinajstić information content (AvgIpc) is 3.69. The maximum atomic E-state index is 14.6. The van der Waals surface area contributed by atoms with Gasteiger partial charge in [-0.15, -0.1) is 0 Å². The van der Waals surface area contributed by atoms with Gasteiger partial charge in [0.1, 0.15) is 49.3 Å². The minimum atomic E-state index is -1.22. The fourth-order valence-corrected chi connectivity index (χ4v) is 11.3. The highest BCUT2D eigenvalue weighted by Gasteiger charge is 2.33. The van der Waals surface area contributed by atoms with Crippen LogP contribution in [0.1, 0.15) is 168 Å². The topological polar surface area (TPSA) is 285 Å². The Morgan fingerprint density at radius 1 is 0.393 bits per heavy atom. The largest absolute Gasteiger partial charge is 0.468 e. The summed E-state index contributed by atoms with van der Waals surface area (Å²) >= 11 is 0. The van der Waals surface area contributed by atoms with E-state index in [1.807, 2.05) is 39.8 Å². The van der Waals surface area contributed by atoms with Crippen molar-refractivity contribution >= 4 is 80.8 Å². The number of carbonyl (C=O) groups is 10. The molecule has 0 bridgehead atoms. The van der Waals surface area contributed by atoms with Crippen LogP contribution in [0, 0.1) is 11.8 Å². The third-order valence-corrected chi connectivity index (χ3v) is 16.1. The molecule has 8 N–H and O–H groups in total. The second kappa shape index (κ2) is 44.3. The van der Waals surface area contributed by atoms with Gasteiger partial charge in [0.15, 0.2) is 0 Å². The maximum Gasteiger partial charge on any atom is 0.325 e. The molecule has 20 nitrogen and oxygen atoms in total. The molecule has 0 heterocycles. The van der Waals surface area contributed by atoms with Crippen LogP contribution in [-0.4, -0.2) is 134 Å². The predicted octanol–water partition coefficient (Wildman–Crippen LogP) is 6.71. The highest BCUT2D eigenvalue weighted by molar-refractivity contribution is 8.76. The molecule has 0 saturated carbocycles. The lowest BCUT2D eigenvalue weighted by molar-refractivity contribution is -0.142. The summed E-state index contributed by atoms with van der Waals surface area (Å²) < 4.78 is 9.35. The molecule has 84 heavy (non-hydrogen) atoms. The number of carbonyl (C=O) groups excluding carboxylic acids is 10. The first-order chi connectivity index (χ1) is 40.3. The fraction of sp³-hybridized carbons (Fsp3) is 0.645. The lowest BCUT2D eigenvalue weighted by Crippen LogP contribution is -2.58. The van der Waals surface area contributed by atoms with Gasteiger partial charge in [-0.05, 0) is 48.6 Å². The van der Waals surface area contributed by atoms with Crippen LogP contribution in [0.25, 0.3) is 0 Å². The number of unbranched alkanes of at least 4 members (excludes halogenated alkanes) is 12. The van der Waals surface area contributed by atoms with Crippen LogP contribution in [0.2, 0.25) is 0 Å². The van der Waals surface area contributed by atoms with Gasteiger partial charge >= 0.3 is 11.9 Å². The van der Waals surface area contributed by atoms with Crippen molar-refractivity contribution in [1.82, 2.24) is 42.5 Å². The molecule has 22 heteroatoms. The van der Waals surface area contributed by atoms with Crippen molar-refractivity contribution in [2.75, 3.05) is 38.8 Å². The number of hydrogen-bond donors (Lipinski definition) is 8. The van der Waals surface area contributed by atoms with Crippen LogP contribution in [0.15, 0.2) is 60.7 Å². The van der Waals surface area contributed by atoms with E-state index in [1.165, 1.54) is 14.2 Å². The number of ether oxygens (including phenoxy) is 2. The summed E-state index contributed by atoms with van der Waals surface area (Å²) in [5.41, 5.74) is 1.41. The molecule has 2 rings (SSSR count). The summed E-state index contributed by atoms with van der Waals surface area (Å²) in [4.78, 5) is 136.